The van der Waals surface area contributed by atoms with Gasteiger partial charge in [-0.05, 0) is 36.1 Å². The molecular formula is C15H14N2OS2. The van der Waals surface area contributed by atoms with Crippen LogP contribution in [0.3, 0.4) is 0 Å². The molecule has 2 N–H and O–H groups in total. The second kappa shape index (κ2) is 5.26. The van der Waals surface area contributed by atoms with Crippen LogP contribution in [0.1, 0.15) is 10.4 Å². The Kier molecular flexibility index (Phi) is 3.46. The zero-order valence-corrected chi connectivity index (χ0v) is 12.6. The minimum absolute atomic E-state index is 0.0859. The van der Waals surface area contributed by atoms with Gasteiger partial charge in [-0.15, -0.1) is 11.3 Å². The highest BCUT2D eigenvalue weighted by Crippen LogP contribution is 2.29. The topological polar surface area (TPSA) is 48.0 Å². The van der Waals surface area contributed by atoms with Crippen molar-refractivity contribution in [1.29, 1.82) is 0 Å². The van der Waals surface area contributed by atoms with Gasteiger partial charge in [0.05, 0.1) is 17.1 Å². The highest BCUT2D eigenvalue weighted by Gasteiger charge is 2.14. The third-order valence-electron chi connectivity index (χ3n) is 3.14. The van der Waals surface area contributed by atoms with Crippen molar-refractivity contribution >= 4 is 28.4 Å². The first-order chi connectivity index (χ1) is 9.65. The maximum Gasteiger partial charge on any atom is 0.308 e. The lowest BCUT2D eigenvalue weighted by molar-refractivity contribution is 0.792. The fourth-order valence-corrected chi connectivity index (χ4v) is 3.93. The fraction of sp³-hybridized carbons (Fsp3) is 0.133. The lowest BCUT2D eigenvalue weighted by Gasteiger charge is -2.08. The van der Waals surface area contributed by atoms with Gasteiger partial charge in [-0.3, -0.25) is 9.36 Å². The summed E-state index contributed by atoms with van der Waals surface area (Å²) >= 11 is 2.96. The number of nitrogens with zero attached hydrogens (tertiary/aromatic N) is 1. The van der Waals surface area contributed by atoms with Gasteiger partial charge in [-0.1, -0.05) is 29.5 Å². The van der Waals surface area contributed by atoms with Gasteiger partial charge in [0.25, 0.3) is 0 Å². The number of nitrogens with two attached hydrogens (primary N) is 1. The summed E-state index contributed by atoms with van der Waals surface area (Å²) in [6.07, 6.45) is 0. The Bertz CT molecular complexity index is 767. The van der Waals surface area contributed by atoms with Crippen molar-refractivity contribution in [2.75, 3.05) is 5.73 Å². The first-order valence-electron chi connectivity index (χ1n) is 6.23. The third kappa shape index (κ3) is 2.42. The van der Waals surface area contributed by atoms with Gasteiger partial charge < -0.3 is 5.73 Å². The molecule has 0 aliphatic carbocycles. The molecule has 0 amide bonds. The molecule has 0 fully saturated rings. The summed E-state index contributed by atoms with van der Waals surface area (Å²) in [6.45, 7) is 2.58. The summed E-state index contributed by atoms with van der Waals surface area (Å²) in [6, 6.07) is 11.7. The van der Waals surface area contributed by atoms with E-state index in [4.69, 9.17) is 5.73 Å². The minimum atomic E-state index is 0.0859. The molecule has 0 radical (unpaired) electrons. The van der Waals surface area contributed by atoms with E-state index in [2.05, 4.69) is 6.07 Å². The molecule has 20 heavy (non-hydrogen) atoms. The Morgan fingerprint density at radius 1 is 1.20 bits per heavy atom. The van der Waals surface area contributed by atoms with Crippen LogP contribution >= 0.6 is 22.7 Å². The number of hydrogen-bond acceptors (Lipinski definition) is 4. The molecular weight excluding hydrogens is 288 g/mol. The van der Waals surface area contributed by atoms with E-state index in [1.54, 1.807) is 11.3 Å². The van der Waals surface area contributed by atoms with Crippen LogP contribution in [-0.4, -0.2) is 4.57 Å². The highest BCUT2D eigenvalue weighted by molar-refractivity contribution is 7.14. The van der Waals surface area contributed by atoms with Crippen LogP contribution in [0.4, 0.5) is 5.69 Å². The number of anilines is 1. The van der Waals surface area contributed by atoms with Gasteiger partial charge in [-0.2, -0.15) is 0 Å². The second-order valence-corrected chi connectivity index (χ2v) is 6.69. The van der Waals surface area contributed by atoms with Crippen molar-refractivity contribution in [3.63, 3.8) is 0 Å². The molecule has 1 aromatic carbocycles. The Morgan fingerprint density at radius 2 is 1.95 bits per heavy atom. The third-order valence-corrected chi connectivity index (χ3v) is 4.91. The number of thiazole rings is 1. The van der Waals surface area contributed by atoms with Crippen LogP contribution in [0.2, 0.25) is 0 Å². The molecule has 3 nitrogen and oxygen atoms in total. The molecule has 0 unspecified atom stereocenters. The highest BCUT2D eigenvalue weighted by atomic mass is 32.1. The summed E-state index contributed by atoms with van der Waals surface area (Å²) in [7, 11) is 0. The minimum Gasteiger partial charge on any atom is -0.399 e. The molecule has 3 aromatic rings. The number of rotatable bonds is 3. The van der Waals surface area contributed by atoms with E-state index in [0.29, 0.717) is 6.54 Å². The average Bonchev–Trinajstić information content (AvgIpc) is 3.01. The van der Waals surface area contributed by atoms with Gasteiger partial charge >= 0.3 is 4.87 Å². The monoisotopic (exact) mass is 302 g/mol. The van der Waals surface area contributed by atoms with Gasteiger partial charge in [0.1, 0.15) is 0 Å². The number of benzene rings is 1. The van der Waals surface area contributed by atoms with E-state index in [1.165, 1.54) is 11.3 Å². The fourth-order valence-electron chi connectivity index (χ4n) is 2.18. The Balaban J connectivity index is 2.05. The predicted octanol–water partition coefficient (Wildman–Crippen LogP) is 3.58. The molecule has 102 valence electrons. The molecule has 0 bridgehead atoms. The van der Waals surface area contributed by atoms with Gasteiger partial charge in [0.15, 0.2) is 0 Å². The standard InChI is InChI=1S/C15H14N2OS2/c1-10-14(13-3-2-8-19-13)17(15(18)20-10)9-11-4-6-12(16)7-5-11/h2-8H,9,16H2,1H3. The lowest BCUT2D eigenvalue weighted by Crippen LogP contribution is -2.14. The number of thiophene rings is 1. The first kappa shape index (κ1) is 13.1. The van der Waals surface area contributed by atoms with E-state index in [9.17, 15) is 4.79 Å². The Morgan fingerprint density at radius 3 is 2.60 bits per heavy atom. The maximum atomic E-state index is 12.2. The summed E-state index contributed by atoms with van der Waals surface area (Å²) in [5, 5.41) is 2.03. The van der Waals surface area contributed by atoms with Crippen LogP contribution in [0.5, 0.6) is 0 Å². The maximum absolute atomic E-state index is 12.2. The van der Waals surface area contributed by atoms with Crippen molar-refractivity contribution in [3.8, 4) is 10.6 Å². The molecule has 5 heteroatoms. The van der Waals surface area contributed by atoms with Crippen molar-refractivity contribution in [2.45, 2.75) is 13.5 Å². The van der Waals surface area contributed by atoms with E-state index >= 15 is 0 Å². The molecule has 0 saturated carbocycles. The van der Waals surface area contributed by atoms with Crippen LogP contribution < -0.4 is 10.6 Å². The first-order valence-corrected chi connectivity index (χ1v) is 7.93. The lowest BCUT2D eigenvalue weighted by atomic mass is 10.2. The molecule has 0 aliphatic heterocycles. The van der Waals surface area contributed by atoms with E-state index in [0.717, 1.165) is 26.7 Å². The normalized spacial score (nSPS) is 10.8. The zero-order chi connectivity index (χ0) is 14.1. The van der Waals surface area contributed by atoms with Crippen molar-refractivity contribution in [3.05, 3.63) is 61.9 Å². The number of nitrogen functional groups attached to an aromatic ring is 1. The second-order valence-electron chi connectivity index (χ2n) is 4.58. The molecule has 0 saturated heterocycles. The van der Waals surface area contributed by atoms with E-state index in [-0.39, 0.29) is 4.87 Å². The predicted molar refractivity (Wildman–Crippen MR) is 86.6 cm³/mol. The van der Waals surface area contributed by atoms with Crippen LogP contribution in [-0.2, 0) is 6.54 Å². The summed E-state index contributed by atoms with van der Waals surface area (Å²) in [5.41, 5.74) is 8.55. The summed E-state index contributed by atoms with van der Waals surface area (Å²) < 4.78 is 1.84. The van der Waals surface area contributed by atoms with Crippen LogP contribution in [0.15, 0.2) is 46.6 Å². The summed E-state index contributed by atoms with van der Waals surface area (Å²) in [5.74, 6) is 0. The Hall–Kier alpha value is -1.85. The smallest absolute Gasteiger partial charge is 0.308 e. The average molecular weight is 302 g/mol. The molecule has 0 aliphatic rings. The number of hydrogen-bond donors (Lipinski definition) is 1. The van der Waals surface area contributed by atoms with E-state index in [1.807, 2.05) is 47.2 Å². The van der Waals surface area contributed by atoms with Crippen molar-refractivity contribution in [1.82, 2.24) is 4.57 Å². The quantitative estimate of drug-likeness (QED) is 0.752. The molecule has 2 aromatic heterocycles. The van der Waals surface area contributed by atoms with Crippen LogP contribution in [0.25, 0.3) is 10.6 Å². The Labute approximate surface area is 124 Å². The summed E-state index contributed by atoms with van der Waals surface area (Å²) in [4.78, 5) is 14.5. The number of aromatic nitrogens is 1. The van der Waals surface area contributed by atoms with Crippen molar-refractivity contribution in [2.24, 2.45) is 0 Å². The number of aryl methyl sites for hydroxylation is 1. The zero-order valence-electron chi connectivity index (χ0n) is 11.0. The molecule has 0 atom stereocenters. The van der Waals surface area contributed by atoms with Crippen LogP contribution in [0, 0.1) is 6.92 Å². The SMILES string of the molecule is Cc1sc(=O)n(Cc2ccc(N)cc2)c1-c1cccs1. The largest absolute Gasteiger partial charge is 0.399 e. The molecule has 3 rings (SSSR count). The van der Waals surface area contributed by atoms with E-state index < -0.39 is 0 Å². The van der Waals surface area contributed by atoms with Gasteiger partial charge in [0, 0.05) is 10.6 Å². The molecule has 2 heterocycles. The molecule has 0 spiro atoms. The van der Waals surface area contributed by atoms with Gasteiger partial charge in [-0.25, -0.2) is 0 Å². The van der Waals surface area contributed by atoms with Gasteiger partial charge in [0.2, 0.25) is 0 Å². The van der Waals surface area contributed by atoms with Crippen molar-refractivity contribution < 1.29 is 0 Å².